The molecule has 120 valence electrons. The third-order valence-corrected chi connectivity index (χ3v) is 2.83. The van der Waals surface area contributed by atoms with Gasteiger partial charge in [-0.15, -0.1) is 0 Å². The number of nitrogens with one attached hydrogen (secondary N) is 1. The van der Waals surface area contributed by atoms with Gasteiger partial charge in [-0.2, -0.15) is 4.39 Å². The minimum atomic E-state index is -1.96. The molecule has 2 atom stereocenters. The molecule has 3 N–H and O–H groups in total. The van der Waals surface area contributed by atoms with Crippen molar-refractivity contribution in [1.82, 2.24) is 9.55 Å². The fraction of sp³-hybridized carbons (Fsp3) is 0.667. The average Bonchev–Trinajstić information content (AvgIpc) is 2.80. The van der Waals surface area contributed by atoms with Crippen molar-refractivity contribution in [2.45, 2.75) is 45.0 Å². The molecule has 9 heteroatoms. The Balaban J connectivity index is 0.000000315. The average molecular weight is 306 g/mol. The molecule has 0 spiro atoms. The maximum absolute atomic E-state index is 13.0. The molecule has 1 aromatic rings. The van der Waals surface area contributed by atoms with Crippen LogP contribution in [0.4, 0.5) is 4.39 Å². The first-order valence-corrected chi connectivity index (χ1v) is 6.30. The minimum Gasteiger partial charge on any atom is -0.355 e. The molecule has 21 heavy (non-hydrogen) atoms. The molecule has 2 rings (SSSR count). The third kappa shape index (κ3) is 5.38. The summed E-state index contributed by atoms with van der Waals surface area (Å²) in [5.74, 6) is -2.93. The van der Waals surface area contributed by atoms with Gasteiger partial charge in [0.1, 0.15) is 6.23 Å². The van der Waals surface area contributed by atoms with Crippen LogP contribution in [0.5, 0.6) is 0 Å². The van der Waals surface area contributed by atoms with Crippen molar-refractivity contribution in [2.24, 2.45) is 0 Å². The van der Waals surface area contributed by atoms with Crippen molar-refractivity contribution in [1.29, 1.82) is 0 Å². The minimum absolute atomic E-state index is 0.0527. The van der Waals surface area contributed by atoms with Gasteiger partial charge >= 0.3 is 5.69 Å². The number of rotatable bonds is 2. The molecular weight excluding hydrogens is 287 g/mol. The maximum Gasteiger partial charge on any atom is 0.330 e. The molecule has 2 heterocycles. The van der Waals surface area contributed by atoms with E-state index in [9.17, 15) is 14.0 Å². The summed E-state index contributed by atoms with van der Waals surface area (Å²) in [6, 6.07) is 0. The standard InChI is InChI=1S/C9H11FN2O3.C3H8O3/c1-5-2-3-7(15-5)12-4-6(10)8(13)11-9(12)14;1-3(4,5)6-2/h4-5,7H,2-3H2,1H3,(H,11,13,14);4-5H,1-2H3. The zero-order chi connectivity index (χ0) is 16.2. The van der Waals surface area contributed by atoms with Crippen LogP contribution >= 0.6 is 0 Å². The van der Waals surface area contributed by atoms with Gasteiger partial charge in [-0.1, -0.05) is 0 Å². The number of hydrogen-bond acceptors (Lipinski definition) is 6. The Morgan fingerprint density at radius 3 is 2.48 bits per heavy atom. The van der Waals surface area contributed by atoms with Gasteiger partial charge in [0.25, 0.3) is 11.5 Å². The number of aliphatic hydroxyl groups is 2. The van der Waals surface area contributed by atoms with E-state index in [1.165, 1.54) is 7.11 Å². The second-order valence-corrected chi connectivity index (χ2v) is 4.76. The molecule has 0 aliphatic carbocycles. The summed E-state index contributed by atoms with van der Waals surface area (Å²) in [6.45, 7) is 3.01. The monoisotopic (exact) mass is 306 g/mol. The van der Waals surface area contributed by atoms with Crippen molar-refractivity contribution < 1.29 is 24.1 Å². The lowest BCUT2D eigenvalue weighted by Crippen LogP contribution is -2.33. The molecule has 1 aromatic heterocycles. The second-order valence-electron chi connectivity index (χ2n) is 4.76. The number of aromatic nitrogens is 2. The first-order valence-electron chi connectivity index (χ1n) is 6.30. The van der Waals surface area contributed by atoms with E-state index in [1.54, 1.807) is 0 Å². The first-order chi connectivity index (χ1) is 9.64. The Bertz CT molecular complexity index is 576. The Hall–Kier alpha value is -1.55. The van der Waals surface area contributed by atoms with Gasteiger partial charge < -0.3 is 19.7 Å². The van der Waals surface area contributed by atoms with E-state index in [-0.39, 0.29) is 6.10 Å². The molecule has 0 amide bonds. The van der Waals surface area contributed by atoms with Crippen LogP contribution in [0.3, 0.4) is 0 Å². The number of ether oxygens (including phenoxy) is 2. The molecule has 1 saturated heterocycles. The number of nitrogens with zero attached hydrogens (tertiary/aromatic N) is 1. The third-order valence-electron chi connectivity index (χ3n) is 2.83. The number of methoxy groups -OCH3 is 1. The van der Waals surface area contributed by atoms with Gasteiger partial charge in [0.15, 0.2) is 0 Å². The van der Waals surface area contributed by atoms with Gasteiger partial charge in [-0.05, 0) is 19.8 Å². The maximum atomic E-state index is 13.0. The smallest absolute Gasteiger partial charge is 0.330 e. The quantitative estimate of drug-likeness (QED) is 0.644. The number of aromatic amines is 1. The second kappa shape index (κ2) is 6.94. The van der Waals surface area contributed by atoms with Gasteiger partial charge in [0.05, 0.1) is 12.3 Å². The Labute approximate surface area is 119 Å². The van der Waals surface area contributed by atoms with Gasteiger partial charge in [0, 0.05) is 14.0 Å². The van der Waals surface area contributed by atoms with Gasteiger partial charge in [-0.25, -0.2) is 4.79 Å². The van der Waals surface area contributed by atoms with E-state index in [2.05, 4.69) is 4.74 Å². The van der Waals surface area contributed by atoms with Crippen LogP contribution in [-0.4, -0.2) is 39.0 Å². The molecule has 1 fully saturated rings. The highest BCUT2D eigenvalue weighted by Crippen LogP contribution is 2.26. The Morgan fingerprint density at radius 1 is 1.48 bits per heavy atom. The lowest BCUT2D eigenvalue weighted by Gasteiger charge is -2.13. The molecular formula is C12H19FN2O6. The van der Waals surface area contributed by atoms with Crippen LogP contribution in [-0.2, 0) is 9.47 Å². The van der Waals surface area contributed by atoms with Crippen LogP contribution in [0, 0.1) is 5.82 Å². The number of H-pyrrole nitrogens is 1. The van der Waals surface area contributed by atoms with Crippen molar-refractivity contribution in [3.8, 4) is 0 Å². The summed E-state index contributed by atoms with van der Waals surface area (Å²) >= 11 is 0. The van der Waals surface area contributed by atoms with Crippen molar-refractivity contribution in [3.05, 3.63) is 32.9 Å². The lowest BCUT2D eigenvalue weighted by atomic mass is 10.2. The molecule has 1 aliphatic rings. The molecule has 0 saturated carbocycles. The van der Waals surface area contributed by atoms with Crippen LogP contribution in [0.2, 0.25) is 0 Å². The van der Waals surface area contributed by atoms with E-state index in [1.807, 2.05) is 11.9 Å². The highest BCUT2D eigenvalue weighted by molar-refractivity contribution is 4.89. The largest absolute Gasteiger partial charge is 0.355 e. The molecule has 0 bridgehead atoms. The predicted molar refractivity (Wildman–Crippen MR) is 70.0 cm³/mol. The Morgan fingerprint density at radius 2 is 2.05 bits per heavy atom. The normalized spacial score (nSPS) is 21.8. The Kier molecular flexibility index (Phi) is 5.78. The summed E-state index contributed by atoms with van der Waals surface area (Å²) < 4.78 is 23.5. The van der Waals surface area contributed by atoms with Crippen molar-refractivity contribution in [2.75, 3.05) is 7.11 Å². The lowest BCUT2D eigenvalue weighted by molar-refractivity contribution is -0.312. The first kappa shape index (κ1) is 17.5. The zero-order valence-electron chi connectivity index (χ0n) is 12.0. The highest BCUT2D eigenvalue weighted by atomic mass is 19.1. The molecule has 2 unspecified atom stereocenters. The topological polar surface area (TPSA) is 114 Å². The summed E-state index contributed by atoms with van der Waals surface area (Å²) in [4.78, 5) is 24.0. The SMILES string of the molecule is CC1CCC(n2cc(F)c(=O)[nH]c2=O)O1.COC(C)(O)O. The number of halogens is 1. The van der Waals surface area contributed by atoms with Gasteiger partial charge in [-0.3, -0.25) is 14.3 Å². The molecule has 0 aromatic carbocycles. The van der Waals surface area contributed by atoms with Crippen LogP contribution in [0.15, 0.2) is 15.8 Å². The summed E-state index contributed by atoms with van der Waals surface area (Å²) in [7, 11) is 1.21. The van der Waals surface area contributed by atoms with Crippen LogP contribution in [0.25, 0.3) is 0 Å². The fourth-order valence-corrected chi connectivity index (χ4v) is 1.66. The fourth-order valence-electron chi connectivity index (χ4n) is 1.66. The van der Waals surface area contributed by atoms with E-state index in [0.717, 1.165) is 24.1 Å². The van der Waals surface area contributed by atoms with Gasteiger partial charge in [0.2, 0.25) is 5.82 Å². The summed E-state index contributed by atoms with van der Waals surface area (Å²) in [6.07, 6.45) is 1.93. The van der Waals surface area contributed by atoms with E-state index < -0.39 is 29.3 Å². The number of hydrogen-bond donors (Lipinski definition) is 3. The van der Waals surface area contributed by atoms with Crippen LogP contribution in [0.1, 0.15) is 32.9 Å². The predicted octanol–water partition coefficient (Wildman–Crippen LogP) is -0.336. The zero-order valence-corrected chi connectivity index (χ0v) is 12.0. The summed E-state index contributed by atoms with van der Waals surface area (Å²) in [5, 5.41) is 16.3. The molecule has 8 nitrogen and oxygen atoms in total. The highest BCUT2D eigenvalue weighted by Gasteiger charge is 2.24. The van der Waals surface area contributed by atoms with Crippen molar-refractivity contribution >= 4 is 0 Å². The molecule has 0 radical (unpaired) electrons. The van der Waals surface area contributed by atoms with E-state index in [0.29, 0.717) is 6.42 Å². The van der Waals surface area contributed by atoms with Crippen molar-refractivity contribution in [3.63, 3.8) is 0 Å². The molecule has 1 aliphatic heterocycles. The van der Waals surface area contributed by atoms with E-state index >= 15 is 0 Å². The summed E-state index contributed by atoms with van der Waals surface area (Å²) in [5.41, 5.74) is -1.64. The van der Waals surface area contributed by atoms with E-state index in [4.69, 9.17) is 14.9 Å². The van der Waals surface area contributed by atoms with Crippen LogP contribution < -0.4 is 11.2 Å².